The lowest BCUT2D eigenvalue weighted by molar-refractivity contribution is -0.137. The van der Waals surface area contributed by atoms with Gasteiger partial charge >= 0.3 is 6.18 Å². The topological polar surface area (TPSA) is 53.5 Å². The molecule has 29 heavy (non-hydrogen) atoms. The zero-order valence-corrected chi connectivity index (χ0v) is 15.2. The zero-order valence-electron chi connectivity index (χ0n) is 14.3. The smallest absolute Gasteiger partial charge is 0.364 e. The number of hydrogen-bond donors (Lipinski definition) is 0. The van der Waals surface area contributed by atoms with E-state index in [9.17, 15) is 39.2 Å². The number of rotatable bonds is 3. The molecule has 13 heteroatoms. The first-order valence-electron chi connectivity index (χ1n) is 8.05. The Balaban J connectivity index is 1.83. The molecular weight excluding hydrogens is 431 g/mol. The van der Waals surface area contributed by atoms with Crippen LogP contribution >= 0.6 is 0 Å². The van der Waals surface area contributed by atoms with Gasteiger partial charge in [-0.2, -0.15) is 40.0 Å². The van der Waals surface area contributed by atoms with Crippen molar-refractivity contribution in [3.63, 3.8) is 0 Å². The van der Waals surface area contributed by atoms with Gasteiger partial charge in [0.1, 0.15) is 5.69 Å². The predicted molar refractivity (Wildman–Crippen MR) is 86.5 cm³/mol. The van der Waals surface area contributed by atoms with Gasteiger partial charge in [-0.15, -0.1) is 0 Å². The summed E-state index contributed by atoms with van der Waals surface area (Å²) in [4.78, 5) is 2.74. The number of nitrogens with zero attached hydrogens (tertiary/aromatic N) is 3. The van der Waals surface area contributed by atoms with Crippen molar-refractivity contribution in [3.05, 3.63) is 53.4 Å². The van der Waals surface area contributed by atoms with Crippen LogP contribution in [0.25, 0.3) is 0 Å². The Kier molecular flexibility index (Phi) is 5.47. The van der Waals surface area contributed by atoms with Crippen molar-refractivity contribution in [2.24, 2.45) is 0 Å². The predicted octanol–water partition coefficient (Wildman–Crippen LogP) is 3.17. The number of aromatic nitrogens is 1. The van der Waals surface area contributed by atoms with Crippen LogP contribution in [0.5, 0.6) is 0 Å². The van der Waals surface area contributed by atoms with Crippen LogP contribution in [0, 0.1) is 23.5 Å². The summed E-state index contributed by atoms with van der Waals surface area (Å²) in [5.74, 6) is -7.15. The lowest BCUT2D eigenvalue weighted by Crippen LogP contribution is -2.49. The molecule has 0 bridgehead atoms. The molecule has 1 aliphatic rings. The van der Waals surface area contributed by atoms with Crippen LogP contribution in [0.2, 0.25) is 0 Å². The van der Waals surface area contributed by atoms with Crippen molar-refractivity contribution in [2.45, 2.75) is 11.1 Å². The molecule has 2 heterocycles. The number of sulfonamides is 1. The lowest BCUT2D eigenvalue weighted by atomic mass is 10.2. The third-order valence-electron chi connectivity index (χ3n) is 4.33. The van der Waals surface area contributed by atoms with E-state index in [-0.39, 0.29) is 26.2 Å². The van der Waals surface area contributed by atoms with E-state index in [0.29, 0.717) is 6.07 Å². The van der Waals surface area contributed by atoms with Crippen LogP contribution in [0.15, 0.2) is 29.2 Å². The van der Waals surface area contributed by atoms with Crippen molar-refractivity contribution in [2.75, 3.05) is 31.1 Å². The van der Waals surface area contributed by atoms with E-state index in [1.807, 2.05) is 0 Å². The summed E-state index contributed by atoms with van der Waals surface area (Å²) >= 11 is 0. The Hall–Kier alpha value is -2.41. The van der Waals surface area contributed by atoms with E-state index in [1.165, 1.54) is 0 Å². The number of halogens is 7. The molecule has 5 nitrogen and oxygen atoms in total. The molecule has 1 aromatic carbocycles. The van der Waals surface area contributed by atoms with Gasteiger partial charge < -0.3 is 4.90 Å². The SMILES string of the molecule is O=S(=O)(c1cccc(C(F)(F)F)c1)N1CCN(c2c(F)c(F)nc(F)c2F)CC1. The zero-order chi connectivity index (χ0) is 21.6. The molecule has 0 unspecified atom stereocenters. The van der Waals surface area contributed by atoms with E-state index in [1.54, 1.807) is 0 Å². The monoisotopic (exact) mass is 443 g/mol. The summed E-state index contributed by atoms with van der Waals surface area (Å²) in [5, 5.41) is 0. The Bertz CT molecular complexity index is 1010. The standard InChI is InChI=1S/C16H12F7N3O2S/c17-11-13(12(18)15(20)24-14(11)19)25-4-6-26(7-5-25)29(27,28)10-3-1-2-9(8-10)16(21,22)23/h1-3,8H,4-7H2. The highest BCUT2D eigenvalue weighted by molar-refractivity contribution is 7.89. The second-order valence-corrected chi connectivity index (χ2v) is 8.02. The number of hydrogen-bond acceptors (Lipinski definition) is 4. The van der Waals surface area contributed by atoms with Crippen molar-refractivity contribution < 1.29 is 39.2 Å². The first-order valence-corrected chi connectivity index (χ1v) is 9.49. The fraction of sp³-hybridized carbons (Fsp3) is 0.312. The van der Waals surface area contributed by atoms with Crippen LogP contribution < -0.4 is 4.90 Å². The molecular formula is C16H12F7N3O2S. The number of alkyl halides is 3. The summed E-state index contributed by atoms with van der Waals surface area (Å²) in [7, 11) is -4.33. The molecule has 0 aliphatic carbocycles. The van der Waals surface area contributed by atoms with E-state index in [2.05, 4.69) is 4.98 Å². The van der Waals surface area contributed by atoms with Gasteiger partial charge in [-0.05, 0) is 18.2 Å². The minimum atomic E-state index is -4.74. The number of piperazine rings is 1. The Morgan fingerprint density at radius 2 is 1.45 bits per heavy atom. The van der Waals surface area contributed by atoms with Gasteiger partial charge in [0.15, 0.2) is 0 Å². The number of benzene rings is 1. The summed E-state index contributed by atoms with van der Waals surface area (Å²) < 4.78 is 119. The van der Waals surface area contributed by atoms with Gasteiger partial charge in [0.05, 0.1) is 10.5 Å². The minimum absolute atomic E-state index is 0.352. The molecule has 0 spiro atoms. The Morgan fingerprint density at radius 3 is 1.97 bits per heavy atom. The largest absolute Gasteiger partial charge is 0.416 e. The normalized spacial score (nSPS) is 16.3. The number of anilines is 1. The average Bonchev–Trinajstić information content (AvgIpc) is 2.66. The van der Waals surface area contributed by atoms with E-state index >= 15 is 0 Å². The van der Waals surface area contributed by atoms with Gasteiger partial charge in [-0.3, -0.25) is 0 Å². The summed E-state index contributed by atoms with van der Waals surface area (Å²) in [6, 6.07) is 3.13. The van der Waals surface area contributed by atoms with Gasteiger partial charge in [-0.25, -0.2) is 8.42 Å². The summed E-state index contributed by atoms with van der Waals surface area (Å²) in [5.41, 5.74) is -2.17. The molecule has 158 valence electrons. The van der Waals surface area contributed by atoms with E-state index < -0.39 is 55.9 Å². The van der Waals surface area contributed by atoms with E-state index in [4.69, 9.17) is 0 Å². The van der Waals surface area contributed by atoms with Crippen molar-refractivity contribution in [1.82, 2.24) is 9.29 Å². The van der Waals surface area contributed by atoms with Gasteiger partial charge in [0.25, 0.3) is 11.9 Å². The molecule has 2 aromatic rings. The van der Waals surface area contributed by atoms with Crippen LogP contribution in [-0.2, 0) is 16.2 Å². The molecule has 1 aromatic heterocycles. The fourth-order valence-electron chi connectivity index (χ4n) is 2.89. The van der Waals surface area contributed by atoms with E-state index in [0.717, 1.165) is 27.4 Å². The summed E-state index contributed by atoms with van der Waals surface area (Å²) in [6.45, 7) is -1.45. The minimum Gasteiger partial charge on any atom is -0.364 e. The molecule has 1 saturated heterocycles. The quantitative estimate of drug-likeness (QED) is 0.540. The van der Waals surface area contributed by atoms with Crippen molar-refractivity contribution in [1.29, 1.82) is 0 Å². The third-order valence-corrected chi connectivity index (χ3v) is 6.22. The van der Waals surface area contributed by atoms with Crippen LogP contribution in [-0.4, -0.2) is 43.9 Å². The maximum absolute atomic E-state index is 13.9. The lowest BCUT2D eigenvalue weighted by Gasteiger charge is -2.35. The van der Waals surface area contributed by atoms with Crippen LogP contribution in [0.1, 0.15) is 5.56 Å². The molecule has 0 N–H and O–H groups in total. The molecule has 0 atom stereocenters. The maximum Gasteiger partial charge on any atom is 0.416 e. The second-order valence-electron chi connectivity index (χ2n) is 6.09. The molecule has 1 fully saturated rings. The first kappa shape index (κ1) is 21.3. The Labute approximate surface area is 160 Å². The molecule has 0 radical (unpaired) electrons. The molecule has 0 saturated carbocycles. The van der Waals surface area contributed by atoms with Gasteiger partial charge in [0, 0.05) is 26.2 Å². The molecule has 0 amide bonds. The van der Waals surface area contributed by atoms with Gasteiger partial charge in [0.2, 0.25) is 21.7 Å². The highest BCUT2D eigenvalue weighted by Gasteiger charge is 2.35. The highest BCUT2D eigenvalue weighted by Crippen LogP contribution is 2.32. The van der Waals surface area contributed by atoms with Gasteiger partial charge in [-0.1, -0.05) is 6.07 Å². The maximum atomic E-state index is 13.9. The Morgan fingerprint density at radius 1 is 0.897 bits per heavy atom. The van der Waals surface area contributed by atoms with Crippen molar-refractivity contribution >= 4 is 15.7 Å². The summed E-state index contributed by atoms with van der Waals surface area (Å²) in [6.07, 6.45) is -4.74. The molecule has 1 aliphatic heterocycles. The van der Waals surface area contributed by atoms with Crippen molar-refractivity contribution in [3.8, 4) is 0 Å². The van der Waals surface area contributed by atoms with Crippen LogP contribution in [0.3, 0.4) is 0 Å². The highest BCUT2D eigenvalue weighted by atomic mass is 32.2. The second kappa shape index (κ2) is 7.44. The first-order chi connectivity index (χ1) is 13.4. The fourth-order valence-corrected chi connectivity index (χ4v) is 4.36. The number of pyridine rings is 1. The van der Waals surface area contributed by atoms with Crippen LogP contribution in [0.4, 0.5) is 36.4 Å². The average molecular weight is 443 g/mol. The molecule has 3 rings (SSSR count). The third kappa shape index (κ3) is 4.01.